The Bertz CT molecular complexity index is 291. The van der Waals surface area contributed by atoms with Gasteiger partial charge in [-0.15, -0.1) is 21.5 Å². The molecule has 3 heteroatoms. The van der Waals surface area contributed by atoms with Crippen LogP contribution in [-0.2, 0) is 0 Å². The van der Waals surface area contributed by atoms with Crippen LogP contribution in [0.25, 0.3) is 0 Å². The standard InChI is InChI=1S/C11H18N2S/c1-3-5-8(4-2)10-12-13-11(14-10)9-6-7-9/h8-9H,3-7H2,1-2H3. The molecule has 1 atom stereocenters. The van der Waals surface area contributed by atoms with Crippen molar-refractivity contribution in [1.29, 1.82) is 0 Å². The van der Waals surface area contributed by atoms with Crippen molar-refractivity contribution in [3.8, 4) is 0 Å². The molecule has 0 amide bonds. The second-order valence-corrected chi connectivity index (χ2v) is 5.19. The maximum atomic E-state index is 4.34. The zero-order chi connectivity index (χ0) is 9.97. The summed E-state index contributed by atoms with van der Waals surface area (Å²) in [7, 11) is 0. The molecule has 0 spiro atoms. The molecular formula is C11H18N2S. The molecule has 1 aromatic heterocycles. The maximum Gasteiger partial charge on any atom is 0.120 e. The lowest BCUT2D eigenvalue weighted by atomic mass is 10.0. The van der Waals surface area contributed by atoms with E-state index in [0.717, 1.165) is 5.92 Å². The van der Waals surface area contributed by atoms with Crippen LogP contribution < -0.4 is 0 Å². The fourth-order valence-corrected chi connectivity index (χ4v) is 2.99. The summed E-state index contributed by atoms with van der Waals surface area (Å²) in [5.41, 5.74) is 0. The molecule has 0 saturated heterocycles. The van der Waals surface area contributed by atoms with Gasteiger partial charge in [-0.3, -0.25) is 0 Å². The molecule has 1 heterocycles. The van der Waals surface area contributed by atoms with E-state index in [9.17, 15) is 0 Å². The molecule has 2 nitrogen and oxygen atoms in total. The Balaban J connectivity index is 2.05. The van der Waals surface area contributed by atoms with Gasteiger partial charge in [-0.25, -0.2) is 0 Å². The first-order chi connectivity index (χ1) is 6.85. The number of hydrogen-bond donors (Lipinski definition) is 0. The van der Waals surface area contributed by atoms with E-state index in [1.807, 2.05) is 11.3 Å². The van der Waals surface area contributed by atoms with Gasteiger partial charge in [0.05, 0.1) is 0 Å². The highest BCUT2D eigenvalue weighted by Crippen LogP contribution is 2.42. The predicted molar refractivity (Wildman–Crippen MR) is 59.8 cm³/mol. The predicted octanol–water partition coefficient (Wildman–Crippen LogP) is 3.71. The summed E-state index contributed by atoms with van der Waals surface area (Å²) in [5.74, 6) is 1.42. The van der Waals surface area contributed by atoms with Crippen molar-refractivity contribution in [2.75, 3.05) is 0 Å². The lowest BCUT2D eigenvalue weighted by Crippen LogP contribution is -1.95. The zero-order valence-corrected chi connectivity index (χ0v) is 9.81. The SMILES string of the molecule is CCCC(CC)c1nnc(C2CC2)s1. The molecule has 1 fully saturated rings. The van der Waals surface area contributed by atoms with Crippen molar-refractivity contribution in [2.45, 2.75) is 57.8 Å². The monoisotopic (exact) mass is 210 g/mol. The molecule has 14 heavy (non-hydrogen) atoms. The fraction of sp³-hybridized carbons (Fsp3) is 0.818. The van der Waals surface area contributed by atoms with Crippen molar-refractivity contribution >= 4 is 11.3 Å². The fourth-order valence-electron chi connectivity index (χ4n) is 1.76. The van der Waals surface area contributed by atoms with Gasteiger partial charge in [0.25, 0.3) is 0 Å². The Morgan fingerprint density at radius 1 is 1.36 bits per heavy atom. The Kier molecular flexibility index (Phi) is 3.16. The van der Waals surface area contributed by atoms with Crippen molar-refractivity contribution in [1.82, 2.24) is 10.2 Å². The molecule has 1 unspecified atom stereocenters. The van der Waals surface area contributed by atoms with Crippen molar-refractivity contribution in [3.05, 3.63) is 10.0 Å². The lowest BCUT2D eigenvalue weighted by molar-refractivity contribution is 0.587. The molecule has 1 aliphatic rings. The van der Waals surface area contributed by atoms with E-state index in [-0.39, 0.29) is 0 Å². The lowest BCUT2D eigenvalue weighted by Gasteiger charge is -2.08. The van der Waals surface area contributed by atoms with Crippen LogP contribution in [-0.4, -0.2) is 10.2 Å². The Morgan fingerprint density at radius 3 is 2.71 bits per heavy atom. The van der Waals surface area contributed by atoms with Crippen LogP contribution in [0, 0.1) is 0 Å². The highest BCUT2D eigenvalue weighted by atomic mass is 32.1. The van der Waals surface area contributed by atoms with Crippen molar-refractivity contribution in [2.24, 2.45) is 0 Å². The largest absolute Gasteiger partial charge is 0.143 e. The Labute approximate surface area is 89.8 Å². The molecule has 78 valence electrons. The first-order valence-electron chi connectivity index (χ1n) is 5.68. The van der Waals surface area contributed by atoms with E-state index in [0.29, 0.717) is 5.92 Å². The summed E-state index contributed by atoms with van der Waals surface area (Å²) < 4.78 is 0. The quantitative estimate of drug-likeness (QED) is 0.740. The summed E-state index contributed by atoms with van der Waals surface area (Å²) in [4.78, 5) is 0. The van der Waals surface area contributed by atoms with Crippen LogP contribution in [0.15, 0.2) is 0 Å². The van der Waals surface area contributed by atoms with Gasteiger partial charge in [0, 0.05) is 11.8 Å². The summed E-state index contributed by atoms with van der Waals surface area (Å²) in [5, 5.41) is 11.2. The molecule has 0 aliphatic heterocycles. The smallest absolute Gasteiger partial charge is 0.120 e. The molecule has 0 radical (unpaired) electrons. The molecule has 0 bridgehead atoms. The van der Waals surface area contributed by atoms with Crippen LogP contribution >= 0.6 is 11.3 Å². The van der Waals surface area contributed by atoms with Crippen LogP contribution in [0.4, 0.5) is 0 Å². The average Bonchev–Trinajstić information content (AvgIpc) is 2.94. The van der Waals surface area contributed by atoms with Gasteiger partial charge < -0.3 is 0 Å². The Morgan fingerprint density at radius 2 is 2.14 bits per heavy atom. The number of hydrogen-bond acceptors (Lipinski definition) is 3. The molecule has 2 rings (SSSR count). The van der Waals surface area contributed by atoms with Gasteiger partial charge in [-0.1, -0.05) is 20.3 Å². The molecule has 0 aromatic carbocycles. The Hall–Kier alpha value is -0.440. The van der Waals surface area contributed by atoms with Gasteiger partial charge in [0.2, 0.25) is 0 Å². The third kappa shape index (κ3) is 2.14. The van der Waals surface area contributed by atoms with E-state index >= 15 is 0 Å². The number of nitrogens with zero attached hydrogens (tertiary/aromatic N) is 2. The van der Waals surface area contributed by atoms with Gasteiger partial charge in [-0.05, 0) is 25.7 Å². The first kappa shape index (κ1) is 10.1. The van der Waals surface area contributed by atoms with Crippen LogP contribution in [0.2, 0.25) is 0 Å². The summed E-state index contributed by atoms with van der Waals surface area (Å²) >= 11 is 1.85. The minimum absolute atomic E-state index is 0.657. The molecule has 1 aromatic rings. The van der Waals surface area contributed by atoms with Crippen LogP contribution in [0.5, 0.6) is 0 Å². The van der Waals surface area contributed by atoms with E-state index in [1.165, 1.54) is 42.1 Å². The molecule has 1 saturated carbocycles. The highest BCUT2D eigenvalue weighted by Gasteiger charge is 2.28. The van der Waals surface area contributed by atoms with E-state index in [2.05, 4.69) is 24.0 Å². The summed E-state index contributed by atoms with van der Waals surface area (Å²) in [6.45, 7) is 4.49. The summed E-state index contributed by atoms with van der Waals surface area (Å²) in [6, 6.07) is 0. The van der Waals surface area contributed by atoms with E-state index in [1.54, 1.807) is 0 Å². The first-order valence-corrected chi connectivity index (χ1v) is 6.50. The van der Waals surface area contributed by atoms with E-state index in [4.69, 9.17) is 0 Å². The summed E-state index contributed by atoms with van der Waals surface area (Å²) in [6.07, 6.45) is 6.37. The van der Waals surface area contributed by atoms with Gasteiger partial charge in [-0.2, -0.15) is 0 Å². The van der Waals surface area contributed by atoms with Gasteiger partial charge in [0.1, 0.15) is 10.0 Å². The topological polar surface area (TPSA) is 25.8 Å². The highest BCUT2D eigenvalue weighted by molar-refractivity contribution is 7.11. The van der Waals surface area contributed by atoms with Crippen LogP contribution in [0.3, 0.4) is 0 Å². The van der Waals surface area contributed by atoms with Crippen molar-refractivity contribution in [3.63, 3.8) is 0 Å². The third-order valence-electron chi connectivity index (χ3n) is 2.86. The maximum absolute atomic E-state index is 4.34. The van der Waals surface area contributed by atoms with E-state index < -0.39 is 0 Å². The molecule has 1 aliphatic carbocycles. The number of aromatic nitrogens is 2. The van der Waals surface area contributed by atoms with Crippen LogP contribution in [0.1, 0.15) is 67.8 Å². The van der Waals surface area contributed by atoms with Gasteiger partial charge in [0.15, 0.2) is 0 Å². The number of rotatable bonds is 5. The molecular weight excluding hydrogens is 192 g/mol. The van der Waals surface area contributed by atoms with Crippen molar-refractivity contribution < 1.29 is 0 Å². The molecule has 0 N–H and O–H groups in total. The minimum atomic E-state index is 0.657. The average molecular weight is 210 g/mol. The second kappa shape index (κ2) is 4.39. The zero-order valence-electron chi connectivity index (χ0n) is 8.99. The third-order valence-corrected chi connectivity index (χ3v) is 4.11. The second-order valence-electron chi connectivity index (χ2n) is 4.15. The normalized spacial score (nSPS) is 18.4. The van der Waals surface area contributed by atoms with Gasteiger partial charge >= 0.3 is 0 Å². The minimum Gasteiger partial charge on any atom is -0.143 e.